The first-order valence-electron chi connectivity index (χ1n) is 21.0. The van der Waals surface area contributed by atoms with E-state index in [-0.39, 0.29) is 0 Å². The Kier molecular flexibility index (Phi) is 7.78. The highest BCUT2D eigenvalue weighted by atomic mass is 32.1. The maximum Gasteiger partial charge on any atom is 0.136 e. The van der Waals surface area contributed by atoms with Crippen molar-refractivity contribution in [3.8, 4) is 33.4 Å². The van der Waals surface area contributed by atoms with Crippen molar-refractivity contribution in [3.63, 3.8) is 0 Å². The van der Waals surface area contributed by atoms with Gasteiger partial charge in [0, 0.05) is 53.8 Å². The molecule has 0 saturated heterocycles. The number of para-hydroxylation sites is 1. The first-order chi connectivity index (χ1) is 30.7. The van der Waals surface area contributed by atoms with Gasteiger partial charge in [0.15, 0.2) is 0 Å². The molecule has 0 amide bonds. The zero-order valence-corrected chi connectivity index (χ0v) is 34.2. The van der Waals surface area contributed by atoms with Crippen molar-refractivity contribution < 1.29 is 8.83 Å². The Hall–Kier alpha value is -7.92. The number of nitrogens with zero attached hydrogens (tertiary/aromatic N) is 1. The smallest absolute Gasteiger partial charge is 0.136 e. The molecule has 3 heterocycles. The van der Waals surface area contributed by atoms with Crippen molar-refractivity contribution >= 4 is 103 Å². The van der Waals surface area contributed by atoms with Crippen LogP contribution in [0.4, 0.5) is 17.1 Å². The molecule has 13 rings (SSSR count). The highest BCUT2D eigenvalue weighted by Crippen LogP contribution is 2.48. The van der Waals surface area contributed by atoms with E-state index in [1.54, 1.807) is 0 Å². The number of hydrogen-bond donors (Lipinski definition) is 0. The van der Waals surface area contributed by atoms with Crippen LogP contribution in [0, 0.1) is 0 Å². The Morgan fingerprint density at radius 3 is 1.73 bits per heavy atom. The zero-order valence-electron chi connectivity index (χ0n) is 33.4. The fourth-order valence-electron chi connectivity index (χ4n) is 9.62. The summed E-state index contributed by atoms with van der Waals surface area (Å²) in [5.41, 5.74) is 13.8. The Bertz CT molecular complexity index is 3850. The minimum absolute atomic E-state index is 0.861. The lowest BCUT2D eigenvalue weighted by atomic mass is 9.94. The quantitative estimate of drug-likeness (QED) is 0.168. The van der Waals surface area contributed by atoms with E-state index in [2.05, 4.69) is 205 Å². The lowest BCUT2D eigenvalue weighted by molar-refractivity contribution is 0.669. The van der Waals surface area contributed by atoms with E-state index < -0.39 is 0 Å². The predicted molar refractivity (Wildman–Crippen MR) is 262 cm³/mol. The van der Waals surface area contributed by atoms with Crippen LogP contribution in [0.15, 0.2) is 221 Å². The molecule has 13 aromatic rings. The molecule has 0 fully saturated rings. The lowest BCUT2D eigenvalue weighted by Gasteiger charge is -2.27. The van der Waals surface area contributed by atoms with E-state index in [9.17, 15) is 0 Å². The molecule has 0 aliphatic rings. The van der Waals surface area contributed by atoms with Crippen molar-refractivity contribution in [2.75, 3.05) is 4.90 Å². The lowest BCUT2D eigenvalue weighted by Crippen LogP contribution is -2.10. The molecule has 0 aliphatic carbocycles. The molecule has 10 aromatic carbocycles. The van der Waals surface area contributed by atoms with Crippen LogP contribution >= 0.6 is 11.3 Å². The number of fused-ring (bicyclic) bond motifs is 12. The first-order valence-corrected chi connectivity index (χ1v) is 21.8. The third-order valence-electron chi connectivity index (χ3n) is 12.5. The van der Waals surface area contributed by atoms with Crippen molar-refractivity contribution in [2.45, 2.75) is 0 Å². The summed E-state index contributed by atoms with van der Waals surface area (Å²) in [4.78, 5) is 2.42. The van der Waals surface area contributed by atoms with Crippen LogP contribution < -0.4 is 4.90 Å². The summed E-state index contributed by atoms with van der Waals surface area (Å²) in [6.07, 6.45) is 0. The van der Waals surface area contributed by atoms with Gasteiger partial charge in [0.1, 0.15) is 22.3 Å². The second kappa shape index (κ2) is 13.8. The van der Waals surface area contributed by atoms with Gasteiger partial charge in [-0.2, -0.15) is 0 Å². The van der Waals surface area contributed by atoms with Crippen LogP contribution in [-0.4, -0.2) is 0 Å². The molecule has 290 valence electrons. The number of benzene rings is 10. The van der Waals surface area contributed by atoms with E-state index >= 15 is 0 Å². The Morgan fingerprint density at radius 2 is 0.919 bits per heavy atom. The van der Waals surface area contributed by atoms with Gasteiger partial charge in [-0.15, -0.1) is 11.3 Å². The van der Waals surface area contributed by atoms with E-state index in [1.165, 1.54) is 42.4 Å². The fourth-order valence-corrected chi connectivity index (χ4v) is 10.8. The first kappa shape index (κ1) is 34.9. The SMILES string of the molecule is c1ccc(-c2ccc(-c3ccc(N(c4cccc(-c5cccc6oc7ccc8ccc9oc%10ccccc%10c9c8c7c56)c4)c4cccc5c4sc4ccccc45)cc3)cc2)cc1. The second-order valence-corrected chi connectivity index (χ2v) is 17.0. The monoisotopic (exact) mass is 809 g/mol. The summed E-state index contributed by atoms with van der Waals surface area (Å²) < 4.78 is 15.6. The van der Waals surface area contributed by atoms with Gasteiger partial charge in [-0.05, 0) is 99.4 Å². The largest absolute Gasteiger partial charge is 0.456 e. The van der Waals surface area contributed by atoms with Gasteiger partial charge < -0.3 is 13.7 Å². The van der Waals surface area contributed by atoms with E-state index in [0.29, 0.717) is 0 Å². The molecule has 0 N–H and O–H groups in total. The van der Waals surface area contributed by atoms with Crippen LogP contribution in [-0.2, 0) is 0 Å². The summed E-state index contributed by atoms with van der Waals surface area (Å²) in [5, 5.41) is 9.28. The molecule has 3 nitrogen and oxygen atoms in total. The van der Waals surface area contributed by atoms with Crippen LogP contribution in [0.2, 0.25) is 0 Å². The van der Waals surface area contributed by atoms with E-state index in [1.807, 2.05) is 23.5 Å². The standard InChI is InChI=1S/C58H35NO2S/c1-2-11-36(12-3-1)37-23-25-38(26-24-37)39-27-31-42(32-28-39)59(48-19-9-18-46-45-15-5-7-22-53(45)62-58(46)48)43-14-8-13-41(35-43)44-17-10-21-50-55(44)57-52(61-50)34-30-40-29-33-51-56(54(40)57)47-16-4-6-20-49(47)60-51/h1-35H. The average molecular weight is 810 g/mol. The molecule has 0 atom stereocenters. The minimum Gasteiger partial charge on any atom is -0.456 e. The summed E-state index contributed by atoms with van der Waals surface area (Å²) in [7, 11) is 0. The van der Waals surface area contributed by atoms with E-state index in [0.717, 1.165) is 82.8 Å². The van der Waals surface area contributed by atoms with Crippen LogP contribution in [0.5, 0.6) is 0 Å². The third-order valence-corrected chi connectivity index (χ3v) is 13.7. The zero-order chi connectivity index (χ0) is 40.7. The molecule has 0 spiro atoms. The average Bonchev–Trinajstić information content (AvgIpc) is 4.04. The van der Waals surface area contributed by atoms with Crippen molar-refractivity contribution in [1.29, 1.82) is 0 Å². The summed E-state index contributed by atoms with van der Waals surface area (Å²) in [6.45, 7) is 0. The van der Waals surface area contributed by atoms with Gasteiger partial charge >= 0.3 is 0 Å². The van der Waals surface area contributed by atoms with Crippen molar-refractivity contribution in [3.05, 3.63) is 212 Å². The van der Waals surface area contributed by atoms with Gasteiger partial charge in [0.2, 0.25) is 0 Å². The Morgan fingerprint density at radius 1 is 0.339 bits per heavy atom. The van der Waals surface area contributed by atoms with Crippen molar-refractivity contribution in [2.24, 2.45) is 0 Å². The number of furan rings is 2. The molecule has 0 radical (unpaired) electrons. The number of hydrogen-bond acceptors (Lipinski definition) is 4. The topological polar surface area (TPSA) is 29.5 Å². The van der Waals surface area contributed by atoms with Crippen LogP contribution in [0.3, 0.4) is 0 Å². The summed E-state index contributed by atoms with van der Waals surface area (Å²) >= 11 is 1.85. The number of thiophene rings is 1. The molecular weight excluding hydrogens is 775 g/mol. The van der Waals surface area contributed by atoms with Crippen molar-refractivity contribution in [1.82, 2.24) is 0 Å². The molecule has 0 bridgehead atoms. The third kappa shape index (κ3) is 5.44. The Labute approximate surface area is 360 Å². The summed E-state index contributed by atoms with van der Waals surface area (Å²) in [5.74, 6) is 0. The number of rotatable bonds is 6. The number of anilines is 3. The molecule has 0 unspecified atom stereocenters. The molecule has 4 heteroatoms. The van der Waals surface area contributed by atoms with Gasteiger partial charge in [0.25, 0.3) is 0 Å². The maximum atomic E-state index is 6.69. The molecule has 62 heavy (non-hydrogen) atoms. The second-order valence-electron chi connectivity index (χ2n) is 16.0. The normalized spacial score (nSPS) is 11.9. The Balaban J connectivity index is 0.995. The van der Waals surface area contributed by atoms with E-state index in [4.69, 9.17) is 8.83 Å². The summed E-state index contributed by atoms with van der Waals surface area (Å²) in [6, 6.07) is 76.2. The molecule has 0 aliphatic heterocycles. The predicted octanol–water partition coefficient (Wildman–Crippen LogP) is 17.5. The minimum atomic E-state index is 0.861. The molecular formula is C58H35NO2S. The van der Waals surface area contributed by atoms with Crippen LogP contribution in [0.25, 0.3) is 108 Å². The van der Waals surface area contributed by atoms with Crippen LogP contribution in [0.1, 0.15) is 0 Å². The molecule has 3 aromatic heterocycles. The fraction of sp³-hybridized carbons (Fsp3) is 0. The molecule has 0 saturated carbocycles. The van der Waals surface area contributed by atoms with Gasteiger partial charge in [-0.3, -0.25) is 0 Å². The van der Waals surface area contributed by atoms with Gasteiger partial charge in [-0.25, -0.2) is 0 Å². The van der Waals surface area contributed by atoms with Gasteiger partial charge in [0.05, 0.1) is 10.4 Å². The highest BCUT2D eigenvalue weighted by Gasteiger charge is 2.22. The van der Waals surface area contributed by atoms with Gasteiger partial charge in [-0.1, -0.05) is 152 Å². The highest BCUT2D eigenvalue weighted by molar-refractivity contribution is 7.26. The maximum absolute atomic E-state index is 6.69.